The molecule has 3 N–H and O–H groups in total. The maximum absolute atomic E-state index is 14.1. The number of carbonyl (C=O) groups is 1. The second kappa shape index (κ2) is 7.66. The maximum atomic E-state index is 14.1. The average Bonchev–Trinajstić information content (AvgIpc) is 2.59. The van der Waals surface area contributed by atoms with E-state index in [1.54, 1.807) is 19.1 Å². The largest absolute Gasteiger partial charge is 0.487 e. The van der Waals surface area contributed by atoms with Crippen LogP contribution in [0, 0.1) is 11.7 Å². The van der Waals surface area contributed by atoms with Crippen molar-refractivity contribution >= 4 is 11.6 Å². The predicted molar refractivity (Wildman–Crippen MR) is 95.8 cm³/mol. The van der Waals surface area contributed by atoms with Crippen LogP contribution in [0.4, 0.5) is 10.1 Å². The van der Waals surface area contributed by atoms with Gasteiger partial charge in [0.1, 0.15) is 0 Å². The van der Waals surface area contributed by atoms with Gasteiger partial charge in [0.2, 0.25) is 5.91 Å². The number of halogens is 1. The van der Waals surface area contributed by atoms with Gasteiger partial charge in [-0.2, -0.15) is 0 Å². The van der Waals surface area contributed by atoms with Crippen LogP contribution in [0.25, 0.3) is 0 Å². The number of ether oxygens (including phenoxy) is 1. The van der Waals surface area contributed by atoms with E-state index in [2.05, 4.69) is 5.32 Å². The number of amides is 1. The smallest absolute Gasteiger partial charge is 0.229 e. The molecule has 132 valence electrons. The third kappa shape index (κ3) is 4.17. The molecule has 0 radical (unpaired) electrons. The Hall–Kier alpha value is -2.40. The molecule has 2 unspecified atom stereocenters. The standard InChI is InChI=1S/C20H23FN2O2/c1-13(19(22)14-6-3-2-4-7-14)20(24)23-15-10-11-18(17(21)12-15)25-16-8-5-9-16/h2-4,6-7,10-13,16,19H,5,8-9,22H2,1H3,(H,23,24). The molecule has 0 aromatic heterocycles. The molecule has 1 fully saturated rings. The first kappa shape index (κ1) is 17.4. The summed E-state index contributed by atoms with van der Waals surface area (Å²) >= 11 is 0. The molecule has 2 aromatic rings. The van der Waals surface area contributed by atoms with E-state index in [0.717, 1.165) is 24.8 Å². The van der Waals surface area contributed by atoms with Gasteiger partial charge in [0.15, 0.2) is 11.6 Å². The first-order valence-corrected chi connectivity index (χ1v) is 8.62. The van der Waals surface area contributed by atoms with E-state index in [0.29, 0.717) is 5.69 Å². The molecule has 1 aliphatic carbocycles. The molecular formula is C20H23FN2O2. The molecule has 2 atom stereocenters. The molecule has 0 saturated heterocycles. The van der Waals surface area contributed by atoms with Crippen LogP contribution < -0.4 is 15.8 Å². The number of rotatable bonds is 6. The number of hydrogen-bond acceptors (Lipinski definition) is 3. The van der Waals surface area contributed by atoms with E-state index in [-0.39, 0.29) is 17.8 Å². The fourth-order valence-corrected chi connectivity index (χ4v) is 2.73. The molecule has 0 aliphatic heterocycles. The highest BCUT2D eigenvalue weighted by Gasteiger charge is 2.23. The fraction of sp³-hybridized carbons (Fsp3) is 0.350. The Morgan fingerprint density at radius 2 is 1.96 bits per heavy atom. The van der Waals surface area contributed by atoms with Crippen molar-refractivity contribution in [2.75, 3.05) is 5.32 Å². The molecular weight excluding hydrogens is 319 g/mol. The highest BCUT2D eigenvalue weighted by Crippen LogP contribution is 2.29. The molecule has 0 spiro atoms. The average molecular weight is 342 g/mol. The summed E-state index contributed by atoms with van der Waals surface area (Å²) in [5.41, 5.74) is 7.46. The minimum Gasteiger partial charge on any atom is -0.487 e. The van der Waals surface area contributed by atoms with Gasteiger partial charge >= 0.3 is 0 Å². The van der Waals surface area contributed by atoms with Crippen molar-refractivity contribution < 1.29 is 13.9 Å². The lowest BCUT2D eigenvalue weighted by Crippen LogP contribution is -2.30. The first-order chi connectivity index (χ1) is 12.0. The third-order valence-electron chi connectivity index (χ3n) is 4.68. The molecule has 5 heteroatoms. The number of benzene rings is 2. The van der Waals surface area contributed by atoms with Crippen molar-refractivity contribution in [3.63, 3.8) is 0 Å². The van der Waals surface area contributed by atoms with Crippen LogP contribution >= 0.6 is 0 Å². The van der Waals surface area contributed by atoms with Crippen molar-refractivity contribution in [1.82, 2.24) is 0 Å². The molecule has 2 aromatic carbocycles. The first-order valence-electron chi connectivity index (χ1n) is 8.62. The van der Waals surface area contributed by atoms with Gasteiger partial charge in [0, 0.05) is 17.8 Å². The van der Waals surface area contributed by atoms with E-state index in [9.17, 15) is 9.18 Å². The Balaban J connectivity index is 1.62. The summed E-state index contributed by atoms with van der Waals surface area (Å²) in [5, 5.41) is 2.73. The Bertz CT molecular complexity index is 732. The van der Waals surface area contributed by atoms with Crippen LogP contribution in [0.15, 0.2) is 48.5 Å². The van der Waals surface area contributed by atoms with Crippen LogP contribution in [-0.2, 0) is 4.79 Å². The quantitative estimate of drug-likeness (QED) is 0.833. The van der Waals surface area contributed by atoms with Gasteiger partial charge in [0.25, 0.3) is 0 Å². The lowest BCUT2D eigenvalue weighted by Gasteiger charge is -2.26. The number of hydrogen-bond donors (Lipinski definition) is 2. The molecule has 4 nitrogen and oxygen atoms in total. The molecule has 0 heterocycles. The zero-order chi connectivity index (χ0) is 17.8. The minimum atomic E-state index is -0.468. The summed E-state index contributed by atoms with van der Waals surface area (Å²) in [6, 6.07) is 13.5. The molecule has 1 aliphatic rings. The molecule has 3 rings (SSSR count). The zero-order valence-corrected chi connectivity index (χ0v) is 14.2. The van der Waals surface area contributed by atoms with E-state index in [1.165, 1.54) is 6.07 Å². The highest BCUT2D eigenvalue weighted by atomic mass is 19.1. The van der Waals surface area contributed by atoms with Gasteiger partial charge in [-0.1, -0.05) is 37.3 Å². The molecule has 1 saturated carbocycles. The van der Waals surface area contributed by atoms with Gasteiger partial charge in [-0.25, -0.2) is 4.39 Å². The van der Waals surface area contributed by atoms with Crippen molar-refractivity contribution in [1.29, 1.82) is 0 Å². The lowest BCUT2D eigenvalue weighted by molar-refractivity contribution is -0.120. The summed E-state index contributed by atoms with van der Waals surface area (Å²) in [6.45, 7) is 1.76. The summed E-state index contributed by atoms with van der Waals surface area (Å²) in [5.74, 6) is -0.929. The van der Waals surface area contributed by atoms with Crippen molar-refractivity contribution in [3.05, 3.63) is 59.9 Å². The molecule has 1 amide bonds. The molecule has 25 heavy (non-hydrogen) atoms. The Kier molecular flexibility index (Phi) is 5.34. The van der Waals surface area contributed by atoms with Gasteiger partial charge in [0.05, 0.1) is 12.0 Å². The second-order valence-corrected chi connectivity index (χ2v) is 6.53. The SMILES string of the molecule is CC(C(=O)Nc1ccc(OC2CCC2)c(F)c1)C(N)c1ccccc1. The van der Waals surface area contributed by atoms with Gasteiger partial charge in [-0.15, -0.1) is 0 Å². The van der Waals surface area contributed by atoms with Crippen LogP contribution in [-0.4, -0.2) is 12.0 Å². The Morgan fingerprint density at radius 1 is 1.24 bits per heavy atom. The monoisotopic (exact) mass is 342 g/mol. The van der Waals surface area contributed by atoms with Crippen molar-refractivity contribution in [2.24, 2.45) is 11.7 Å². The van der Waals surface area contributed by atoms with E-state index >= 15 is 0 Å². The number of nitrogens with two attached hydrogens (primary N) is 1. The highest BCUT2D eigenvalue weighted by molar-refractivity contribution is 5.92. The Morgan fingerprint density at radius 3 is 2.56 bits per heavy atom. The van der Waals surface area contributed by atoms with Crippen LogP contribution in [0.3, 0.4) is 0 Å². The Labute approximate surface area is 147 Å². The van der Waals surface area contributed by atoms with Gasteiger partial charge in [-0.3, -0.25) is 4.79 Å². The van der Waals surface area contributed by atoms with Crippen molar-refractivity contribution in [3.8, 4) is 5.75 Å². The number of anilines is 1. The van der Waals surface area contributed by atoms with E-state index < -0.39 is 17.8 Å². The van der Waals surface area contributed by atoms with Gasteiger partial charge < -0.3 is 15.8 Å². The summed E-state index contributed by atoms with van der Waals surface area (Å²) in [6.07, 6.45) is 3.17. The summed E-state index contributed by atoms with van der Waals surface area (Å²) in [7, 11) is 0. The van der Waals surface area contributed by atoms with Gasteiger partial charge in [-0.05, 0) is 37.0 Å². The molecule has 0 bridgehead atoms. The van der Waals surface area contributed by atoms with Crippen molar-refractivity contribution in [2.45, 2.75) is 38.3 Å². The number of nitrogens with one attached hydrogen (secondary N) is 1. The second-order valence-electron chi connectivity index (χ2n) is 6.53. The summed E-state index contributed by atoms with van der Waals surface area (Å²) < 4.78 is 19.7. The van der Waals surface area contributed by atoms with Crippen LogP contribution in [0.1, 0.15) is 37.8 Å². The van der Waals surface area contributed by atoms with E-state index in [1.807, 2.05) is 30.3 Å². The third-order valence-corrected chi connectivity index (χ3v) is 4.68. The maximum Gasteiger partial charge on any atom is 0.229 e. The zero-order valence-electron chi connectivity index (χ0n) is 14.2. The van der Waals surface area contributed by atoms with Crippen LogP contribution in [0.5, 0.6) is 5.75 Å². The normalized spacial score (nSPS) is 16.6. The predicted octanol–water partition coefficient (Wildman–Crippen LogP) is 4.03. The van der Waals surface area contributed by atoms with Crippen LogP contribution in [0.2, 0.25) is 0 Å². The number of carbonyl (C=O) groups excluding carboxylic acids is 1. The van der Waals surface area contributed by atoms with E-state index in [4.69, 9.17) is 10.5 Å². The lowest BCUT2D eigenvalue weighted by atomic mass is 9.94. The minimum absolute atomic E-state index is 0.110. The fourth-order valence-electron chi connectivity index (χ4n) is 2.73. The summed E-state index contributed by atoms with van der Waals surface area (Å²) in [4.78, 5) is 12.4. The topological polar surface area (TPSA) is 64.3 Å².